The summed E-state index contributed by atoms with van der Waals surface area (Å²) in [5, 5.41) is 3.58. The minimum atomic E-state index is -4.10. The normalized spacial score (nSPS) is 14.4. The third-order valence-electron chi connectivity index (χ3n) is 6.93. The molecule has 1 aliphatic heterocycles. The first kappa shape index (κ1) is 30.6. The number of benzene rings is 3. The lowest BCUT2D eigenvalue weighted by molar-refractivity contribution is -0.141. The van der Waals surface area contributed by atoms with Crippen LogP contribution < -0.4 is 5.32 Å². The highest BCUT2D eigenvalue weighted by Gasteiger charge is 2.41. The first-order valence-electron chi connectivity index (χ1n) is 13.3. The summed E-state index contributed by atoms with van der Waals surface area (Å²) in [6.45, 7) is 1.98. The van der Waals surface area contributed by atoms with Gasteiger partial charge < -0.3 is 10.2 Å². The number of hydrogen-bond donors (Lipinski definition) is 1. The van der Waals surface area contributed by atoms with Crippen LogP contribution in [0.25, 0.3) is 0 Å². The largest absolute Gasteiger partial charge is 0.354 e. The molecule has 0 aromatic heterocycles. The van der Waals surface area contributed by atoms with Gasteiger partial charge in [-0.2, -0.15) is 0 Å². The summed E-state index contributed by atoms with van der Waals surface area (Å²) < 4.78 is 26.8. The van der Waals surface area contributed by atoms with Gasteiger partial charge in [0.2, 0.25) is 11.8 Å². The minimum absolute atomic E-state index is 0.0666. The van der Waals surface area contributed by atoms with Gasteiger partial charge >= 0.3 is 0 Å². The molecule has 0 saturated heterocycles. The SMILES string of the molecule is CCCCNC(=O)[C@H](Cc1ccccc1)N(Cc1c(Cl)cccc1Cl)C(=O)CCN1C(=O)c2ccccc2S1(=O)=O. The highest BCUT2D eigenvalue weighted by molar-refractivity contribution is 7.90. The Kier molecular flexibility index (Phi) is 10.1. The smallest absolute Gasteiger partial charge is 0.269 e. The number of sulfonamides is 1. The van der Waals surface area contributed by atoms with Crippen LogP contribution in [0.3, 0.4) is 0 Å². The van der Waals surface area contributed by atoms with Crippen LogP contribution in [0.4, 0.5) is 0 Å². The fourth-order valence-corrected chi connectivity index (χ4v) is 6.79. The van der Waals surface area contributed by atoms with Crippen LogP contribution in [0.2, 0.25) is 10.0 Å². The molecule has 3 amide bonds. The van der Waals surface area contributed by atoms with Crippen molar-refractivity contribution in [2.24, 2.45) is 0 Å². The second-order valence-electron chi connectivity index (χ2n) is 9.70. The molecule has 0 bridgehead atoms. The summed E-state index contributed by atoms with van der Waals surface area (Å²) >= 11 is 12.9. The molecule has 11 heteroatoms. The molecule has 8 nitrogen and oxygen atoms in total. The fourth-order valence-electron chi connectivity index (χ4n) is 4.71. The lowest BCUT2D eigenvalue weighted by Crippen LogP contribution is -2.51. The van der Waals surface area contributed by atoms with E-state index in [0.29, 0.717) is 26.5 Å². The summed E-state index contributed by atoms with van der Waals surface area (Å²) in [5.74, 6) is -1.56. The van der Waals surface area contributed by atoms with Gasteiger partial charge in [0.15, 0.2) is 0 Å². The topological polar surface area (TPSA) is 104 Å². The van der Waals surface area contributed by atoms with Crippen LogP contribution in [0.5, 0.6) is 0 Å². The number of fused-ring (bicyclic) bond motifs is 1. The van der Waals surface area contributed by atoms with Gasteiger partial charge in [-0.25, -0.2) is 12.7 Å². The average Bonchev–Trinajstić information content (AvgIpc) is 3.15. The molecule has 3 aromatic rings. The lowest BCUT2D eigenvalue weighted by atomic mass is 10.0. The third-order valence-corrected chi connectivity index (χ3v) is 9.48. The second kappa shape index (κ2) is 13.5. The van der Waals surface area contributed by atoms with Crippen LogP contribution in [-0.4, -0.2) is 54.5 Å². The van der Waals surface area contributed by atoms with Crippen LogP contribution in [0.15, 0.2) is 77.7 Å². The zero-order chi connectivity index (χ0) is 29.6. The molecule has 0 aliphatic carbocycles. The Balaban J connectivity index is 1.66. The Labute approximate surface area is 250 Å². The first-order chi connectivity index (χ1) is 19.6. The monoisotopic (exact) mass is 615 g/mol. The standard InChI is InChI=1S/C30H31Cl2N3O5S/c1-2-3-17-33-29(37)26(19-21-10-5-4-6-11-21)34(20-23-24(31)13-9-14-25(23)32)28(36)16-18-35-30(38)22-12-7-8-15-27(22)41(35,39)40/h4-15,26H,2-3,16-20H2,1H3,(H,33,37)/t26-/m0/s1. The molecule has 4 rings (SSSR count). The number of halogens is 2. The van der Waals surface area contributed by atoms with E-state index in [0.717, 1.165) is 18.4 Å². The van der Waals surface area contributed by atoms with Crippen molar-refractivity contribution in [3.05, 3.63) is 99.5 Å². The Morgan fingerprint density at radius 1 is 0.951 bits per heavy atom. The molecule has 0 fully saturated rings. The van der Waals surface area contributed by atoms with Crippen molar-refractivity contribution in [1.29, 1.82) is 0 Å². The maximum atomic E-state index is 13.9. The van der Waals surface area contributed by atoms with E-state index in [1.165, 1.54) is 17.0 Å². The molecular weight excluding hydrogens is 585 g/mol. The van der Waals surface area contributed by atoms with Crippen LogP contribution in [0.1, 0.15) is 47.7 Å². The number of carbonyl (C=O) groups excluding carboxylic acids is 3. The third kappa shape index (κ3) is 6.92. The van der Waals surface area contributed by atoms with Crippen LogP contribution in [0, 0.1) is 0 Å². The highest BCUT2D eigenvalue weighted by atomic mass is 35.5. The van der Waals surface area contributed by atoms with Gasteiger partial charge in [-0.15, -0.1) is 0 Å². The molecule has 0 unspecified atom stereocenters. The van der Waals surface area contributed by atoms with Crippen molar-refractivity contribution in [2.75, 3.05) is 13.1 Å². The summed E-state index contributed by atoms with van der Waals surface area (Å²) in [4.78, 5) is 41.7. The molecule has 1 aliphatic rings. The van der Waals surface area contributed by atoms with Gasteiger partial charge in [0.25, 0.3) is 15.9 Å². The zero-order valence-corrected chi connectivity index (χ0v) is 24.9. The molecule has 41 heavy (non-hydrogen) atoms. The maximum Gasteiger partial charge on any atom is 0.269 e. The van der Waals surface area contributed by atoms with Gasteiger partial charge in [0, 0.05) is 48.1 Å². The highest BCUT2D eigenvalue weighted by Crippen LogP contribution is 2.31. The van der Waals surface area contributed by atoms with Crippen molar-refractivity contribution in [1.82, 2.24) is 14.5 Å². The summed E-state index contributed by atoms with van der Waals surface area (Å²) in [5.41, 5.74) is 1.36. The Morgan fingerprint density at radius 2 is 1.61 bits per heavy atom. The Hall–Kier alpha value is -3.40. The molecule has 0 radical (unpaired) electrons. The molecule has 1 N–H and O–H groups in total. The average molecular weight is 617 g/mol. The zero-order valence-electron chi connectivity index (χ0n) is 22.6. The maximum absolute atomic E-state index is 13.9. The molecule has 0 saturated carbocycles. The molecule has 1 heterocycles. The Bertz CT molecular complexity index is 1510. The minimum Gasteiger partial charge on any atom is -0.354 e. The number of nitrogens with one attached hydrogen (secondary N) is 1. The summed E-state index contributed by atoms with van der Waals surface area (Å²) in [7, 11) is -4.10. The van der Waals surface area contributed by atoms with E-state index < -0.39 is 27.9 Å². The van der Waals surface area contributed by atoms with E-state index in [1.807, 2.05) is 37.3 Å². The van der Waals surface area contributed by atoms with Gasteiger partial charge in [-0.05, 0) is 36.2 Å². The van der Waals surface area contributed by atoms with Gasteiger partial charge in [-0.1, -0.05) is 85.1 Å². The quantitative estimate of drug-likeness (QED) is 0.286. The van der Waals surface area contributed by atoms with Crippen LogP contribution in [-0.2, 0) is 32.6 Å². The van der Waals surface area contributed by atoms with Crippen molar-refractivity contribution in [3.8, 4) is 0 Å². The number of unbranched alkanes of at least 4 members (excludes halogenated alkanes) is 1. The molecule has 1 atom stereocenters. The van der Waals surface area contributed by atoms with E-state index in [1.54, 1.807) is 30.3 Å². The van der Waals surface area contributed by atoms with E-state index >= 15 is 0 Å². The van der Waals surface area contributed by atoms with Gasteiger partial charge in [-0.3, -0.25) is 14.4 Å². The Morgan fingerprint density at radius 3 is 2.27 bits per heavy atom. The van der Waals surface area contributed by atoms with Crippen molar-refractivity contribution in [3.63, 3.8) is 0 Å². The molecule has 3 aromatic carbocycles. The van der Waals surface area contributed by atoms with Crippen molar-refractivity contribution < 1.29 is 22.8 Å². The van der Waals surface area contributed by atoms with Gasteiger partial charge in [0.1, 0.15) is 10.9 Å². The van der Waals surface area contributed by atoms with E-state index in [2.05, 4.69) is 5.32 Å². The van der Waals surface area contributed by atoms with Gasteiger partial charge in [0.05, 0.1) is 5.56 Å². The second-order valence-corrected chi connectivity index (χ2v) is 12.3. The first-order valence-corrected chi connectivity index (χ1v) is 15.5. The summed E-state index contributed by atoms with van der Waals surface area (Å²) in [6.07, 6.45) is 1.51. The lowest BCUT2D eigenvalue weighted by Gasteiger charge is -2.32. The number of carbonyl (C=O) groups is 3. The number of hydrogen-bond acceptors (Lipinski definition) is 5. The molecule has 0 spiro atoms. The number of amides is 3. The molecule has 216 valence electrons. The molecular formula is C30H31Cl2N3O5S. The van der Waals surface area contributed by atoms with E-state index in [9.17, 15) is 22.8 Å². The predicted molar refractivity (Wildman–Crippen MR) is 158 cm³/mol. The number of nitrogens with zero attached hydrogens (tertiary/aromatic N) is 2. The van der Waals surface area contributed by atoms with Crippen molar-refractivity contribution in [2.45, 2.75) is 50.1 Å². The van der Waals surface area contributed by atoms with Crippen LogP contribution >= 0.6 is 23.2 Å². The number of rotatable bonds is 12. The van der Waals surface area contributed by atoms with Crippen molar-refractivity contribution >= 4 is 50.9 Å². The summed E-state index contributed by atoms with van der Waals surface area (Å²) in [6, 6.07) is 19.2. The predicted octanol–water partition coefficient (Wildman–Crippen LogP) is 5.08. The fraction of sp³-hybridized carbons (Fsp3) is 0.300. The van der Waals surface area contributed by atoms with E-state index in [-0.39, 0.29) is 42.3 Å². The van der Waals surface area contributed by atoms with E-state index in [4.69, 9.17) is 23.2 Å².